The summed E-state index contributed by atoms with van der Waals surface area (Å²) in [6.45, 7) is 3.60. The first-order chi connectivity index (χ1) is 8.09. The van der Waals surface area contributed by atoms with E-state index in [0.717, 1.165) is 16.8 Å². The van der Waals surface area contributed by atoms with Crippen molar-refractivity contribution in [1.29, 1.82) is 0 Å². The van der Waals surface area contributed by atoms with Crippen LogP contribution in [0.2, 0.25) is 0 Å². The Kier molecular flexibility index (Phi) is 2.87. The molecule has 0 N–H and O–H groups in total. The van der Waals surface area contributed by atoms with Crippen LogP contribution in [0.15, 0.2) is 36.5 Å². The molecule has 4 nitrogen and oxygen atoms in total. The van der Waals surface area contributed by atoms with E-state index in [9.17, 15) is 10.1 Å². The molecule has 1 heterocycles. The van der Waals surface area contributed by atoms with E-state index in [1.54, 1.807) is 19.2 Å². The van der Waals surface area contributed by atoms with E-state index < -0.39 is 0 Å². The van der Waals surface area contributed by atoms with E-state index in [-0.39, 0.29) is 10.6 Å². The second-order valence-corrected chi connectivity index (χ2v) is 3.93. The number of aryl methyl sites for hydroxylation is 2. The molecule has 0 spiro atoms. The van der Waals surface area contributed by atoms with Crippen LogP contribution < -0.4 is 0 Å². The molecule has 17 heavy (non-hydrogen) atoms. The molecule has 2 aromatic rings. The number of nitro benzene ring substituents is 1. The maximum absolute atomic E-state index is 10.8. The highest BCUT2D eigenvalue weighted by molar-refractivity contribution is 5.67. The lowest BCUT2D eigenvalue weighted by Gasteiger charge is -2.07. The average molecular weight is 228 g/mol. The summed E-state index contributed by atoms with van der Waals surface area (Å²) >= 11 is 0. The van der Waals surface area contributed by atoms with Crippen molar-refractivity contribution in [2.75, 3.05) is 0 Å². The lowest BCUT2D eigenvalue weighted by atomic mass is 10.0. The third-order valence-corrected chi connectivity index (χ3v) is 2.68. The molecule has 4 heteroatoms. The fourth-order valence-electron chi connectivity index (χ4n) is 1.80. The summed E-state index contributed by atoms with van der Waals surface area (Å²) < 4.78 is 0. The van der Waals surface area contributed by atoms with Gasteiger partial charge in [-0.1, -0.05) is 6.07 Å². The topological polar surface area (TPSA) is 56.0 Å². The third-order valence-electron chi connectivity index (χ3n) is 2.68. The highest BCUT2D eigenvalue weighted by Gasteiger charge is 2.14. The molecule has 1 aromatic heterocycles. The number of nitrogens with zero attached hydrogens (tertiary/aromatic N) is 2. The van der Waals surface area contributed by atoms with Gasteiger partial charge in [-0.3, -0.25) is 15.1 Å². The van der Waals surface area contributed by atoms with Crippen molar-refractivity contribution in [3.8, 4) is 11.3 Å². The second-order valence-electron chi connectivity index (χ2n) is 3.93. The van der Waals surface area contributed by atoms with Crippen molar-refractivity contribution in [2.45, 2.75) is 13.8 Å². The first kappa shape index (κ1) is 11.3. The number of benzene rings is 1. The molecule has 0 aliphatic carbocycles. The van der Waals surface area contributed by atoms with Gasteiger partial charge in [0.25, 0.3) is 5.69 Å². The van der Waals surface area contributed by atoms with Gasteiger partial charge in [0.15, 0.2) is 0 Å². The molecule has 0 aliphatic rings. The third kappa shape index (κ3) is 2.15. The van der Waals surface area contributed by atoms with Gasteiger partial charge in [0.05, 0.1) is 10.6 Å². The standard InChI is InChI=1S/C13H12N2O2/c1-9-8-13(15(16)17)10(2)7-11(9)12-5-3-4-6-14-12/h3-8H,1-2H3. The molecular formula is C13H12N2O2. The number of nitro groups is 1. The molecule has 0 saturated carbocycles. The van der Waals surface area contributed by atoms with Crippen molar-refractivity contribution < 1.29 is 4.92 Å². The van der Waals surface area contributed by atoms with Gasteiger partial charge in [0.1, 0.15) is 0 Å². The smallest absolute Gasteiger partial charge is 0.258 e. The van der Waals surface area contributed by atoms with E-state index in [1.165, 1.54) is 0 Å². The highest BCUT2D eigenvalue weighted by Crippen LogP contribution is 2.28. The van der Waals surface area contributed by atoms with Crippen LogP contribution in [0.5, 0.6) is 0 Å². The van der Waals surface area contributed by atoms with Crippen molar-refractivity contribution in [1.82, 2.24) is 4.98 Å². The van der Waals surface area contributed by atoms with Crippen molar-refractivity contribution >= 4 is 5.69 Å². The summed E-state index contributed by atoms with van der Waals surface area (Å²) in [5.41, 5.74) is 3.45. The molecule has 0 atom stereocenters. The molecule has 1 aromatic carbocycles. The summed E-state index contributed by atoms with van der Waals surface area (Å²) in [4.78, 5) is 14.7. The van der Waals surface area contributed by atoms with Crippen LogP contribution in [-0.2, 0) is 0 Å². The first-order valence-electron chi connectivity index (χ1n) is 5.26. The van der Waals surface area contributed by atoms with Crippen LogP contribution in [-0.4, -0.2) is 9.91 Å². The molecule has 0 saturated heterocycles. The molecule has 0 unspecified atom stereocenters. The van der Waals surface area contributed by atoms with Crippen LogP contribution in [0.1, 0.15) is 11.1 Å². The minimum absolute atomic E-state index is 0.155. The lowest BCUT2D eigenvalue weighted by Crippen LogP contribution is -1.95. The number of aromatic nitrogens is 1. The van der Waals surface area contributed by atoms with Gasteiger partial charge in [0.2, 0.25) is 0 Å². The van der Waals surface area contributed by atoms with Crippen molar-refractivity contribution in [3.05, 3.63) is 57.8 Å². The molecule has 0 aliphatic heterocycles. The Balaban J connectivity index is 2.58. The van der Waals surface area contributed by atoms with Crippen molar-refractivity contribution in [3.63, 3.8) is 0 Å². The van der Waals surface area contributed by atoms with Gasteiger partial charge in [-0.25, -0.2) is 0 Å². The van der Waals surface area contributed by atoms with E-state index in [2.05, 4.69) is 4.98 Å². The van der Waals surface area contributed by atoms with Crippen LogP contribution in [0.25, 0.3) is 11.3 Å². The van der Waals surface area contributed by atoms with Gasteiger partial charge in [-0.15, -0.1) is 0 Å². The van der Waals surface area contributed by atoms with Gasteiger partial charge >= 0.3 is 0 Å². The second kappa shape index (κ2) is 4.33. The van der Waals surface area contributed by atoms with Crippen LogP contribution in [0.3, 0.4) is 0 Å². The quantitative estimate of drug-likeness (QED) is 0.585. The Hall–Kier alpha value is -2.23. The monoisotopic (exact) mass is 228 g/mol. The molecular weight excluding hydrogens is 216 g/mol. The fraction of sp³-hybridized carbons (Fsp3) is 0.154. The minimum Gasteiger partial charge on any atom is -0.258 e. The summed E-state index contributed by atoms with van der Waals surface area (Å²) in [5.74, 6) is 0. The van der Waals surface area contributed by atoms with Gasteiger partial charge < -0.3 is 0 Å². The maximum Gasteiger partial charge on any atom is 0.272 e. The largest absolute Gasteiger partial charge is 0.272 e. The molecule has 86 valence electrons. The Morgan fingerprint density at radius 1 is 1.18 bits per heavy atom. The van der Waals surface area contributed by atoms with Crippen LogP contribution >= 0.6 is 0 Å². The predicted octanol–water partition coefficient (Wildman–Crippen LogP) is 3.27. The zero-order valence-electron chi connectivity index (χ0n) is 9.68. The Labute approximate surface area is 99.1 Å². The van der Waals surface area contributed by atoms with Crippen LogP contribution in [0.4, 0.5) is 5.69 Å². The van der Waals surface area contributed by atoms with Crippen molar-refractivity contribution in [2.24, 2.45) is 0 Å². The van der Waals surface area contributed by atoms with E-state index in [1.807, 2.05) is 31.2 Å². The summed E-state index contributed by atoms with van der Waals surface area (Å²) in [5, 5.41) is 10.8. The molecule has 0 radical (unpaired) electrons. The minimum atomic E-state index is -0.357. The van der Waals surface area contributed by atoms with E-state index in [0.29, 0.717) is 5.56 Å². The van der Waals surface area contributed by atoms with E-state index in [4.69, 9.17) is 0 Å². The van der Waals surface area contributed by atoms with E-state index >= 15 is 0 Å². The van der Waals surface area contributed by atoms with Gasteiger partial charge in [-0.05, 0) is 37.6 Å². The number of hydrogen-bond acceptors (Lipinski definition) is 3. The van der Waals surface area contributed by atoms with Gasteiger partial charge in [0, 0.05) is 23.4 Å². The average Bonchev–Trinajstić information content (AvgIpc) is 2.32. The summed E-state index contributed by atoms with van der Waals surface area (Å²) in [6, 6.07) is 9.05. The Morgan fingerprint density at radius 3 is 2.53 bits per heavy atom. The predicted molar refractivity (Wildman–Crippen MR) is 65.8 cm³/mol. The SMILES string of the molecule is Cc1cc([N+](=O)[O-])c(C)cc1-c1ccccn1. The fourth-order valence-corrected chi connectivity index (χ4v) is 1.80. The zero-order valence-corrected chi connectivity index (χ0v) is 9.68. The lowest BCUT2D eigenvalue weighted by molar-refractivity contribution is -0.385. The number of pyridine rings is 1. The number of rotatable bonds is 2. The number of hydrogen-bond donors (Lipinski definition) is 0. The maximum atomic E-state index is 10.8. The molecule has 0 amide bonds. The Bertz CT molecular complexity index is 565. The molecule has 0 fully saturated rings. The highest BCUT2D eigenvalue weighted by atomic mass is 16.6. The van der Waals surface area contributed by atoms with Gasteiger partial charge in [-0.2, -0.15) is 0 Å². The normalized spacial score (nSPS) is 10.2. The zero-order chi connectivity index (χ0) is 12.4. The molecule has 0 bridgehead atoms. The summed E-state index contributed by atoms with van der Waals surface area (Å²) in [7, 11) is 0. The molecule has 2 rings (SSSR count). The van der Waals surface area contributed by atoms with Crippen LogP contribution in [0, 0.1) is 24.0 Å². The Morgan fingerprint density at radius 2 is 1.94 bits per heavy atom. The first-order valence-corrected chi connectivity index (χ1v) is 5.26. The summed E-state index contributed by atoms with van der Waals surface area (Å²) in [6.07, 6.45) is 1.71.